The van der Waals surface area contributed by atoms with Gasteiger partial charge in [-0.25, -0.2) is 18.2 Å². The van der Waals surface area contributed by atoms with Gasteiger partial charge in [0.2, 0.25) is 10.0 Å². The third kappa shape index (κ3) is 6.21. The maximum absolute atomic E-state index is 13.2. The highest BCUT2D eigenvalue weighted by atomic mass is 32.2. The van der Waals surface area contributed by atoms with Crippen molar-refractivity contribution in [2.45, 2.75) is 11.4 Å². The van der Waals surface area contributed by atoms with Crippen molar-refractivity contribution < 1.29 is 22.7 Å². The lowest BCUT2D eigenvalue weighted by molar-refractivity contribution is -0.121. The fourth-order valence-electron chi connectivity index (χ4n) is 2.74. The molecule has 9 heteroatoms. The molecule has 0 saturated carbocycles. The summed E-state index contributed by atoms with van der Waals surface area (Å²) in [6.45, 7) is -0.618. The normalized spacial score (nSPS) is 11.7. The summed E-state index contributed by atoms with van der Waals surface area (Å²) in [5.74, 6) is -1.05. The lowest BCUT2D eigenvalue weighted by atomic mass is 10.2. The van der Waals surface area contributed by atoms with Gasteiger partial charge in [0.15, 0.2) is 0 Å². The van der Waals surface area contributed by atoms with Crippen LogP contribution in [0.3, 0.4) is 0 Å². The third-order valence-electron chi connectivity index (χ3n) is 4.25. The quantitative estimate of drug-likeness (QED) is 0.415. The van der Waals surface area contributed by atoms with Crippen molar-refractivity contribution in [2.24, 2.45) is 5.10 Å². The number of benzene rings is 3. The summed E-state index contributed by atoms with van der Waals surface area (Å²) in [4.78, 5) is 12.4. The van der Waals surface area contributed by atoms with Crippen molar-refractivity contribution in [3.8, 4) is 5.75 Å². The molecule has 0 saturated heterocycles. The minimum absolute atomic E-state index is 0.0353. The molecule has 3 aromatic carbocycles. The molecule has 0 aliphatic rings. The van der Waals surface area contributed by atoms with E-state index >= 15 is 0 Å². The molecule has 0 bridgehead atoms. The zero-order chi connectivity index (χ0) is 22.3. The van der Waals surface area contributed by atoms with E-state index in [9.17, 15) is 22.7 Å². The van der Waals surface area contributed by atoms with Gasteiger partial charge in [0, 0.05) is 6.54 Å². The first kappa shape index (κ1) is 22.1. The first-order chi connectivity index (χ1) is 14.8. The molecule has 0 fully saturated rings. The van der Waals surface area contributed by atoms with Crippen LogP contribution in [0.5, 0.6) is 5.75 Å². The Morgan fingerprint density at radius 3 is 2.42 bits per heavy atom. The molecule has 0 aromatic heterocycles. The highest BCUT2D eigenvalue weighted by molar-refractivity contribution is 7.89. The Kier molecular flexibility index (Phi) is 7.11. The van der Waals surface area contributed by atoms with Gasteiger partial charge in [-0.05, 0) is 47.5 Å². The second-order valence-electron chi connectivity index (χ2n) is 6.60. The molecule has 0 atom stereocenters. The smallest absolute Gasteiger partial charge is 0.255 e. The summed E-state index contributed by atoms with van der Waals surface area (Å²) >= 11 is 0. The standard InChI is InChI=1S/C22H20FN3O4S/c23-19-11-9-17(10-12-19)15-26(31(29,30)21-7-2-1-3-8-21)16-22(28)25-24-14-18-5-4-6-20(27)13-18/h1-14,27H,15-16H2,(H,25,28)/b24-14-. The topological polar surface area (TPSA) is 99.1 Å². The Hall–Kier alpha value is -3.56. The molecule has 0 unspecified atom stereocenters. The van der Waals surface area contributed by atoms with Crippen LogP contribution in [-0.2, 0) is 21.4 Å². The summed E-state index contributed by atoms with van der Waals surface area (Å²) in [7, 11) is -3.99. The van der Waals surface area contributed by atoms with Gasteiger partial charge in [-0.1, -0.05) is 42.5 Å². The number of halogens is 1. The molecule has 160 valence electrons. The zero-order valence-electron chi connectivity index (χ0n) is 16.3. The highest BCUT2D eigenvalue weighted by Crippen LogP contribution is 2.18. The van der Waals surface area contributed by atoms with Crippen LogP contribution in [0.15, 0.2) is 88.9 Å². The number of rotatable bonds is 8. The fourth-order valence-corrected chi connectivity index (χ4v) is 4.15. The van der Waals surface area contributed by atoms with Crippen molar-refractivity contribution in [2.75, 3.05) is 6.54 Å². The lowest BCUT2D eigenvalue weighted by Crippen LogP contribution is -2.39. The van der Waals surface area contributed by atoms with Crippen LogP contribution in [0.1, 0.15) is 11.1 Å². The van der Waals surface area contributed by atoms with Crippen LogP contribution in [0.4, 0.5) is 4.39 Å². The number of carbonyl (C=O) groups excluding carboxylic acids is 1. The maximum Gasteiger partial charge on any atom is 0.255 e. The van der Waals surface area contributed by atoms with Crippen LogP contribution in [-0.4, -0.2) is 36.5 Å². The van der Waals surface area contributed by atoms with Gasteiger partial charge in [-0.2, -0.15) is 9.41 Å². The van der Waals surface area contributed by atoms with Gasteiger partial charge in [-0.3, -0.25) is 4.79 Å². The Bertz CT molecular complexity index is 1170. The van der Waals surface area contributed by atoms with Crippen LogP contribution >= 0.6 is 0 Å². The Labute approximate surface area is 179 Å². The maximum atomic E-state index is 13.2. The molecule has 1 amide bonds. The molecule has 0 heterocycles. The van der Waals surface area contributed by atoms with E-state index in [2.05, 4.69) is 10.5 Å². The Balaban J connectivity index is 1.77. The van der Waals surface area contributed by atoms with E-state index in [4.69, 9.17) is 0 Å². The molecule has 3 rings (SSSR count). The summed E-state index contributed by atoms with van der Waals surface area (Å²) in [5, 5.41) is 13.3. The first-order valence-electron chi connectivity index (χ1n) is 9.25. The number of hydrazone groups is 1. The van der Waals surface area contributed by atoms with Gasteiger partial charge >= 0.3 is 0 Å². The van der Waals surface area contributed by atoms with Gasteiger partial charge in [0.1, 0.15) is 11.6 Å². The molecule has 2 N–H and O–H groups in total. The number of nitrogens with zero attached hydrogens (tertiary/aromatic N) is 2. The SMILES string of the molecule is O=C(CN(Cc1ccc(F)cc1)S(=O)(=O)c1ccccc1)N/N=C\c1cccc(O)c1. The third-order valence-corrected chi connectivity index (χ3v) is 6.05. The van der Waals surface area contributed by atoms with Crippen molar-refractivity contribution in [3.05, 3.63) is 95.8 Å². The van der Waals surface area contributed by atoms with E-state index in [1.165, 1.54) is 54.7 Å². The molecule has 0 aliphatic carbocycles. The second kappa shape index (κ2) is 9.96. The van der Waals surface area contributed by atoms with Crippen molar-refractivity contribution in [1.82, 2.24) is 9.73 Å². The molecule has 7 nitrogen and oxygen atoms in total. The second-order valence-corrected chi connectivity index (χ2v) is 8.54. The molecule has 3 aromatic rings. The lowest BCUT2D eigenvalue weighted by Gasteiger charge is -2.21. The van der Waals surface area contributed by atoms with E-state index in [0.29, 0.717) is 11.1 Å². The minimum Gasteiger partial charge on any atom is -0.508 e. The summed E-state index contributed by atoms with van der Waals surface area (Å²) in [5.41, 5.74) is 3.36. The summed E-state index contributed by atoms with van der Waals surface area (Å²) in [6.07, 6.45) is 1.33. The number of aromatic hydroxyl groups is 1. The number of amides is 1. The first-order valence-corrected chi connectivity index (χ1v) is 10.7. The molecule has 0 radical (unpaired) electrons. The van der Waals surface area contributed by atoms with E-state index in [-0.39, 0.29) is 17.2 Å². The van der Waals surface area contributed by atoms with Crippen LogP contribution < -0.4 is 5.43 Å². The molecular formula is C22H20FN3O4S. The number of nitrogens with one attached hydrogen (secondary N) is 1. The minimum atomic E-state index is -3.99. The summed E-state index contributed by atoms with van der Waals surface area (Å²) < 4.78 is 40.4. The molecule has 31 heavy (non-hydrogen) atoms. The van der Waals surface area contributed by atoms with Gasteiger partial charge < -0.3 is 5.11 Å². The Morgan fingerprint density at radius 1 is 1.03 bits per heavy atom. The Morgan fingerprint density at radius 2 is 1.74 bits per heavy atom. The molecule has 0 spiro atoms. The van der Waals surface area contributed by atoms with E-state index < -0.39 is 28.3 Å². The monoisotopic (exact) mass is 441 g/mol. The number of hydrogen-bond acceptors (Lipinski definition) is 5. The molecular weight excluding hydrogens is 421 g/mol. The van der Waals surface area contributed by atoms with Crippen LogP contribution in [0.25, 0.3) is 0 Å². The van der Waals surface area contributed by atoms with Crippen molar-refractivity contribution in [1.29, 1.82) is 0 Å². The predicted octanol–water partition coefficient (Wildman–Crippen LogP) is 2.87. The van der Waals surface area contributed by atoms with E-state index in [1.807, 2.05) is 0 Å². The van der Waals surface area contributed by atoms with Gasteiger partial charge in [-0.15, -0.1) is 0 Å². The van der Waals surface area contributed by atoms with Gasteiger partial charge in [0.05, 0.1) is 17.7 Å². The van der Waals surface area contributed by atoms with Crippen LogP contribution in [0.2, 0.25) is 0 Å². The number of phenols is 1. The number of sulfonamides is 1. The average molecular weight is 441 g/mol. The zero-order valence-corrected chi connectivity index (χ0v) is 17.2. The van der Waals surface area contributed by atoms with Crippen LogP contribution in [0, 0.1) is 5.82 Å². The number of phenolic OH excluding ortho intramolecular Hbond substituents is 1. The fraction of sp³-hybridized carbons (Fsp3) is 0.0909. The van der Waals surface area contributed by atoms with Crippen molar-refractivity contribution >= 4 is 22.1 Å². The number of carbonyl (C=O) groups is 1. The largest absolute Gasteiger partial charge is 0.508 e. The van der Waals surface area contributed by atoms with E-state index in [1.54, 1.807) is 30.3 Å². The van der Waals surface area contributed by atoms with Crippen molar-refractivity contribution in [3.63, 3.8) is 0 Å². The highest BCUT2D eigenvalue weighted by Gasteiger charge is 2.26. The summed E-state index contributed by atoms with van der Waals surface area (Å²) in [6, 6.07) is 19.3. The van der Waals surface area contributed by atoms with E-state index in [0.717, 1.165) is 4.31 Å². The number of hydrogen-bond donors (Lipinski definition) is 2. The average Bonchev–Trinajstić information content (AvgIpc) is 2.75. The molecule has 0 aliphatic heterocycles. The van der Waals surface area contributed by atoms with Gasteiger partial charge in [0.25, 0.3) is 5.91 Å². The predicted molar refractivity (Wildman–Crippen MR) is 114 cm³/mol.